The second-order valence-electron chi connectivity index (χ2n) is 3.28. The van der Waals surface area contributed by atoms with Crippen LogP contribution < -0.4 is 0 Å². The molecule has 0 spiro atoms. The van der Waals surface area contributed by atoms with Gasteiger partial charge in [0.05, 0.1) is 0 Å². The van der Waals surface area contributed by atoms with Gasteiger partial charge in [-0.05, 0) is 5.56 Å². The van der Waals surface area contributed by atoms with Crippen LogP contribution in [0.4, 0.5) is 22.0 Å². The van der Waals surface area contributed by atoms with Gasteiger partial charge < -0.3 is 5.11 Å². The van der Waals surface area contributed by atoms with Gasteiger partial charge in [-0.2, -0.15) is 8.78 Å². The molecule has 0 amide bonds. The summed E-state index contributed by atoms with van der Waals surface area (Å²) in [5.74, 6) is -4.84. The molecule has 0 aromatic heterocycles. The molecule has 1 aromatic rings. The molecule has 1 N–H and O–H groups in total. The van der Waals surface area contributed by atoms with E-state index in [0.717, 1.165) is 12.1 Å². The van der Waals surface area contributed by atoms with E-state index in [1.54, 1.807) is 0 Å². The van der Waals surface area contributed by atoms with Crippen LogP contribution >= 0.6 is 0 Å². The normalized spacial score (nSPS) is 16.2. The van der Waals surface area contributed by atoms with E-state index in [0.29, 0.717) is 0 Å². The molecule has 6 heteroatoms. The van der Waals surface area contributed by atoms with Gasteiger partial charge in [0.2, 0.25) is 0 Å². The van der Waals surface area contributed by atoms with Crippen molar-refractivity contribution < 1.29 is 27.1 Å². The Morgan fingerprint density at radius 3 is 2.00 bits per heavy atom. The van der Waals surface area contributed by atoms with Crippen molar-refractivity contribution >= 4 is 0 Å². The van der Waals surface area contributed by atoms with Gasteiger partial charge >= 0.3 is 12.3 Å². The number of alkyl halides is 5. The summed E-state index contributed by atoms with van der Waals surface area (Å²) in [6.07, 6.45) is -4.14. The fourth-order valence-corrected chi connectivity index (χ4v) is 1.25. The molecule has 1 atom stereocenters. The van der Waals surface area contributed by atoms with E-state index >= 15 is 0 Å². The predicted octanol–water partition coefficient (Wildman–Crippen LogP) is 2.74. The van der Waals surface area contributed by atoms with Gasteiger partial charge in [-0.1, -0.05) is 30.3 Å². The highest BCUT2D eigenvalue weighted by molar-refractivity contribution is 5.25. The van der Waals surface area contributed by atoms with Crippen molar-refractivity contribution in [3.8, 4) is 0 Å². The summed E-state index contributed by atoms with van der Waals surface area (Å²) in [5.41, 5.74) is -4.08. The zero-order valence-corrected chi connectivity index (χ0v) is 8.01. The molecule has 1 aromatic carbocycles. The maximum atomic E-state index is 13.0. The lowest BCUT2D eigenvalue weighted by atomic mass is 9.88. The van der Waals surface area contributed by atoms with Gasteiger partial charge in [0.1, 0.15) is 6.67 Å². The Morgan fingerprint density at radius 2 is 1.62 bits per heavy atom. The molecule has 0 bridgehead atoms. The predicted molar refractivity (Wildman–Crippen MR) is 47.3 cm³/mol. The van der Waals surface area contributed by atoms with Crippen LogP contribution in [-0.4, -0.2) is 24.1 Å². The fraction of sp³-hybridized carbons (Fsp3) is 0.400. The first-order valence-corrected chi connectivity index (χ1v) is 4.36. The van der Waals surface area contributed by atoms with Crippen LogP contribution in [0.15, 0.2) is 30.3 Å². The SMILES string of the molecule is OC(CF)(c1ccccc1)C(F)(F)C(F)F. The average molecular weight is 240 g/mol. The van der Waals surface area contributed by atoms with Gasteiger partial charge in [0, 0.05) is 0 Å². The number of hydrogen-bond donors (Lipinski definition) is 1. The average Bonchev–Trinajstić information content (AvgIpc) is 2.28. The van der Waals surface area contributed by atoms with E-state index < -0.39 is 30.2 Å². The third-order valence-corrected chi connectivity index (χ3v) is 2.27. The van der Waals surface area contributed by atoms with E-state index in [1.165, 1.54) is 18.2 Å². The summed E-state index contributed by atoms with van der Waals surface area (Å²) in [4.78, 5) is 0. The number of benzene rings is 1. The third-order valence-electron chi connectivity index (χ3n) is 2.27. The summed E-state index contributed by atoms with van der Waals surface area (Å²) >= 11 is 0. The quantitative estimate of drug-likeness (QED) is 0.802. The van der Waals surface area contributed by atoms with Crippen molar-refractivity contribution in [1.29, 1.82) is 0 Å². The minimum atomic E-state index is -4.84. The van der Waals surface area contributed by atoms with Crippen LogP contribution in [0.2, 0.25) is 0 Å². The van der Waals surface area contributed by atoms with E-state index in [2.05, 4.69) is 0 Å². The molecule has 1 rings (SSSR count). The Kier molecular flexibility index (Phi) is 3.52. The minimum Gasteiger partial charge on any atom is -0.376 e. The molecule has 0 saturated heterocycles. The minimum absolute atomic E-state index is 0.581. The molecule has 0 heterocycles. The molecule has 0 saturated carbocycles. The molecule has 90 valence electrons. The zero-order valence-electron chi connectivity index (χ0n) is 8.01. The summed E-state index contributed by atoms with van der Waals surface area (Å²) in [6.45, 7) is -1.99. The highest BCUT2D eigenvalue weighted by Gasteiger charge is 2.60. The maximum absolute atomic E-state index is 13.0. The monoisotopic (exact) mass is 240 g/mol. The van der Waals surface area contributed by atoms with E-state index in [9.17, 15) is 27.1 Å². The fourth-order valence-electron chi connectivity index (χ4n) is 1.25. The number of hydrogen-bond acceptors (Lipinski definition) is 1. The Morgan fingerprint density at radius 1 is 1.12 bits per heavy atom. The lowest BCUT2D eigenvalue weighted by Gasteiger charge is -2.33. The molecule has 1 nitrogen and oxygen atoms in total. The van der Waals surface area contributed by atoms with Gasteiger partial charge in [0.15, 0.2) is 5.60 Å². The lowest BCUT2D eigenvalue weighted by Crippen LogP contribution is -2.51. The topological polar surface area (TPSA) is 20.2 Å². The van der Waals surface area contributed by atoms with Gasteiger partial charge in [-0.25, -0.2) is 13.2 Å². The Balaban J connectivity index is 3.22. The molecular formula is C10H9F5O. The second-order valence-corrected chi connectivity index (χ2v) is 3.28. The Bertz CT molecular complexity index is 340. The van der Waals surface area contributed by atoms with E-state index in [-0.39, 0.29) is 0 Å². The van der Waals surface area contributed by atoms with Crippen molar-refractivity contribution in [2.75, 3.05) is 6.67 Å². The summed E-state index contributed by atoms with van der Waals surface area (Å²) < 4.78 is 62.8. The van der Waals surface area contributed by atoms with Gasteiger partial charge in [-0.3, -0.25) is 0 Å². The molecule has 0 radical (unpaired) electrons. The third kappa shape index (κ3) is 1.89. The van der Waals surface area contributed by atoms with Crippen molar-refractivity contribution in [3.05, 3.63) is 35.9 Å². The summed E-state index contributed by atoms with van der Waals surface area (Å²) in [5, 5.41) is 9.38. The molecular weight excluding hydrogens is 231 g/mol. The van der Waals surface area contributed by atoms with Crippen LogP contribution in [0.5, 0.6) is 0 Å². The lowest BCUT2D eigenvalue weighted by molar-refractivity contribution is -0.253. The Hall–Kier alpha value is -1.17. The highest BCUT2D eigenvalue weighted by Crippen LogP contribution is 2.42. The van der Waals surface area contributed by atoms with Crippen molar-refractivity contribution in [3.63, 3.8) is 0 Å². The first-order valence-electron chi connectivity index (χ1n) is 4.36. The first kappa shape index (κ1) is 12.9. The summed E-state index contributed by atoms with van der Waals surface area (Å²) in [7, 11) is 0. The highest BCUT2D eigenvalue weighted by atomic mass is 19.3. The molecule has 0 aliphatic heterocycles. The van der Waals surface area contributed by atoms with E-state index in [4.69, 9.17) is 0 Å². The number of rotatable bonds is 4. The Labute approximate surface area is 88.5 Å². The van der Waals surface area contributed by atoms with Gasteiger partial charge in [0.25, 0.3) is 0 Å². The van der Waals surface area contributed by atoms with E-state index in [1.807, 2.05) is 0 Å². The van der Waals surface area contributed by atoms with Crippen LogP contribution in [0.25, 0.3) is 0 Å². The van der Waals surface area contributed by atoms with Crippen LogP contribution in [0, 0.1) is 0 Å². The standard InChI is InChI=1S/C10H9F5O/c11-6-9(16,10(14,15)8(12)13)7-4-2-1-3-5-7/h1-5,8,16H,6H2. The van der Waals surface area contributed by atoms with Crippen molar-refractivity contribution in [2.24, 2.45) is 0 Å². The zero-order chi connectivity index (χ0) is 12.4. The smallest absolute Gasteiger partial charge is 0.342 e. The van der Waals surface area contributed by atoms with Crippen LogP contribution in [0.3, 0.4) is 0 Å². The molecule has 1 unspecified atom stereocenters. The van der Waals surface area contributed by atoms with Crippen molar-refractivity contribution in [2.45, 2.75) is 17.9 Å². The largest absolute Gasteiger partial charge is 0.376 e. The van der Waals surface area contributed by atoms with Gasteiger partial charge in [-0.15, -0.1) is 0 Å². The molecule has 0 aliphatic rings. The number of aliphatic hydroxyl groups is 1. The van der Waals surface area contributed by atoms with Crippen LogP contribution in [0.1, 0.15) is 5.56 Å². The molecule has 0 fully saturated rings. The molecule has 0 aliphatic carbocycles. The number of halogens is 5. The van der Waals surface area contributed by atoms with Crippen LogP contribution in [-0.2, 0) is 5.60 Å². The molecule has 16 heavy (non-hydrogen) atoms. The van der Waals surface area contributed by atoms with Crippen molar-refractivity contribution in [1.82, 2.24) is 0 Å². The second kappa shape index (κ2) is 4.37. The maximum Gasteiger partial charge on any atom is 0.342 e. The first-order chi connectivity index (χ1) is 7.36. The summed E-state index contributed by atoms with van der Waals surface area (Å²) in [6, 6.07) is 5.86.